The number of methoxy groups -OCH3 is 2. The van der Waals surface area contributed by atoms with E-state index in [1.807, 2.05) is 6.92 Å². The third kappa shape index (κ3) is 7.89. The third-order valence-electron chi connectivity index (χ3n) is 4.99. The summed E-state index contributed by atoms with van der Waals surface area (Å²) in [5.74, 6) is -2.83. The molecule has 31 heavy (non-hydrogen) atoms. The molecule has 6 nitrogen and oxygen atoms in total. The summed E-state index contributed by atoms with van der Waals surface area (Å²) < 4.78 is 10.9. The molecular weight excluding hydrogens is 394 g/mol. The molecule has 1 aliphatic rings. The average Bonchev–Trinajstić information content (AvgIpc) is 2.67. The number of rotatable bonds is 11. The highest BCUT2D eigenvalue weighted by molar-refractivity contribution is 6.10. The fraction of sp³-hybridized carbons (Fsp3) is 0.480. The molecule has 0 aromatic heterocycles. The van der Waals surface area contributed by atoms with E-state index in [9.17, 15) is 14.4 Å². The Labute approximate surface area is 185 Å². The summed E-state index contributed by atoms with van der Waals surface area (Å²) in [6.45, 7) is 9.51. The molecule has 0 fully saturated rings. The number of hydrogen-bond donors (Lipinski definition) is 1. The number of carbonyl (C=O) groups excluding carboxylic acids is 3. The highest BCUT2D eigenvalue weighted by atomic mass is 16.7. The van der Waals surface area contributed by atoms with E-state index in [0.717, 1.165) is 31.3 Å². The number of amides is 1. The van der Waals surface area contributed by atoms with E-state index < -0.39 is 17.5 Å². The third-order valence-corrected chi connectivity index (χ3v) is 4.99. The van der Waals surface area contributed by atoms with E-state index in [1.54, 1.807) is 0 Å². The van der Waals surface area contributed by atoms with E-state index in [1.165, 1.54) is 50.5 Å². The average molecular weight is 430 g/mol. The quantitative estimate of drug-likeness (QED) is 0.297. The zero-order chi connectivity index (χ0) is 23.6. The van der Waals surface area contributed by atoms with Gasteiger partial charge in [0.05, 0.1) is 11.3 Å². The Morgan fingerprint density at radius 2 is 1.52 bits per heavy atom. The Kier molecular flexibility index (Phi) is 10.5. The molecule has 1 rings (SSSR count). The van der Waals surface area contributed by atoms with Gasteiger partial charge in [0.2, 0.25) is 11.7 Å². The number of nitrogens with one attached hydrogen (secondary N) is 1. The summed E-state index contributed by atoms with van der Waals surface area (Å²) in [5.41, 5.74) is 3.67. The van der Waals surface area contributed by atoms with Gasteiger partial charge in [0, 0.05) is 26.4 Å². The second-order valence-corrected chi connectivity index (χ2v) is 7.99. The Balaban J connectivity index is 2.81. The maximum absolute atomic E-state index is 12.5. The molecule has 1 N–H and O–H groups in total. The van der Waals surface area contributed by atoms with Gasteiger partial charge in [-0.15, -0.1) is 0 Å². The monoisotopic (exact) mass is 429 g/mol. The lowest BCUT2D eigenvalue weighted by molar-refractivity contribution is -0.162. The molecule has 0 bridgehead atoms. The summed E-state index contributed by atoms with van der Waals surface area (Å²) in [4.78, 5) is 36.6. The van der Waals surface area contributed by atoms with E-state index in [-0.39, 0.29) is 17.1 Å². The van der Waals surface area contributed by atoms with Crippen molar-refractivity contribution >= 4 is 17.5 Å². The number of ether oxygens (including phenoxy) is 2. The number of Topliss-reactive ketones (excluding diaryl/α,β-unsaturated/α-hetero) is 1. The maximum atomic E-state index is 12.5. The molecule has 0 saturated heterocycles. The van der Waals surface area contributed by atoms with E-state index >= 15 is 0 Å². The van der Waals surface area contributed by atoms with E-state index in [0.29, 0.717) is 0 Å². The molecule has 6 heteroatoms. The minimum absolute atomic E-state index is 0.0368. The first-order valence-corrected chi connectivity index (χ1v) is 10.4. The molecule has 0 unspecified atom stereocenters. The number of hydrogen-bond acceptors (Lipinski definition) is 5. The van der Waals surface area contributed by atoms with Crippen LogP contribution >= 0.6 is 0 Å². The van der Waals surface area contributed by atoms with Crippen LogP contribution in [0.2, 0.25) is 0 Å². The van der Waals surface area contributed by atoms with Crippen LogP contribution in [0, 0.1) is 0 Å². The number of carbonyl (C=O) groups is 3. The molecule has 0 radical (unpaired) electrons. The molecule has 0 aromatic carbocycles. The van der Waals surface area contributed by atoms with Crippen LogP contribution in [0.4, 0.5) is 0 Å². The molecule has 0 spiro atoms. The normalized spacial score (nSPS) is 16.4. The minimum Gasteiger partial charge on any atom is -0.344 e. The lowest BCUT2D eigenvalue weighted by Gasteiger charge is -2.35. The van der Waals surface area contributed by atoms with E-state index in [4.69, 9.17) is 9.47 Å². The second-order valence-electron chi connectivity index (χ2n) is 7.99. The Hall–Kier alpha value is -2.57. The molecular formula is C25H35NO5. The molecule has 0 saturated carbocycles. The minimum atomic E-state index is -1.62. The van der Waals surface area contributed by atoms with Crippen molar-refractivity contribution in [1.82, 2.24) is 5.32 Å². The standard InChI is InChI=1S/C25H35NO5/c1-17(2)10-8-11-18(3)12-9-13-19(4)14-24(29)26-23-16-21(28)15-22(20(5)27)25(23,30-6)31-7/h10,12,14-16H,8-9,11,13H2,1-7H3,(H,26,29). The summed E-state index contributed by atoms with van der Waals surface area (Å²) >= 11 is 0. The summed E-state index contributed by atoms with van der Waals surface area (Å²) in [5, 5.41) is 2.66. The van der Waals surface area contributed by atoms with Gasteiger partial charge in [-0.1, -0.05) is 28.9 Å². The molecule has 0 aromatic rings. The van der Waals surface area contributed by atoms with Crippen LogP contribution < -0.4 is 5.32 Å². The first-order chi connectivity index (χ1) is 14.5. The lowest BCUT2D eigenvalue weighted by Crippen LogP contribution is -2.48. The van der Waals surface area contributed by atoms with Crippen LogP contribution in [-0.4, -0.2) is 37.5 Å². The predicted molar refractivity (Wildman–Crippen MR) is 122 cm³/mol. The van der Waals surface area contributed by atoms with E-state index in [2.05, 4.69) is 38.2 Å². The highest BCUT2D eigenvalue weighted by Crippen LogP contribution is 2.33. The second kappa shape index (κ2) is 12.3. The fourth-order valence-electron chi connectivity index (χ4n) is 3.34. The van der Waals surface area contributed by atoms with Gasteiger partial charge in [-0.3, -0.25) is 14.4 Å². The van der Waals surface area contributed by atoms with Gasteiger partial charge < -0.3 is 14.8 Å². The van der Waals surface area contributed by atoms with Gasteiger partial charge in [0.15, 0.2) is 11.6 Å². The molecule has 0 atom stereocenters. The number of allylic oxidation sites excluding steroid dienone is 7. The van der Waals surface area contributed by atoms with Crippen molar-refractivity contribution in [2.75, 3.05) is 14.2 Å². The maximum Gasteiger partial charge on any atom is 0.248 e. The molecule has 170 valence electrons. The van der Waals surface area contributed by atoms with Gasteiger partial charge >= 0.3 is 0 Å². The van der Waals surface area contributed by atoms with Crippen molar-refractivity contribution in [2.24, 2.45) is 0 Å². The van der Waals surface area contributed by atoms with Crippen molar-refractivity contribution in [1.29, 1.82) is 0 Å². The van der Waals surface area contributed by atoms with Crippen molar-refractivity contribution in [3.05, 3.63) is 58.4 Å². The first kappa shape index (κ1) is 26.5. The van der Waals surface area contributed by atoms with Crippen LogP contribution in [0.25, 0.3) is 0 Å². The van der Waals surface area contributed by atoms with Gasteiger partial charge in [-0.2, -0.15) is 0 Å². The summed E-state index contributed by atoms with van der Waals surface area (Å²) in [7, 11) is 2.70. The molecule has 1 aliphatic carbocycles. The fourth-order valence-corrected chi connectivity index (χ4v) is 3.34. The lowest BCUT2D eigenvalue weighted by atomic mass is 9.91. The van der Waals surface area contributed by atoms with Crippen LogP contribution in [-0.2, 0) is 23.9 Å². The Morgan fingerprint density at radius 3 is 2.06 bits per heavy atom. The first-order valence-electron chi connectivity index (χ1n) is 10.4. The Bertz CT molecular complexity index is 847. The molecule has 0 aliphatic heterocycles. The summed E-state index contributed by atoms with van der Waals surface area (Å²) in [6, 6.07) is 0. The molecule has 0 heterocycles. The summed E-state index contributed by atoms with van der Waals surface area (Å²) in [6.07, 6.45) is 11.9. The predicted octanol–water partition coefficient (Wildman–Crippen LogP) is 4.49. The van der Waals surface area contributed by atoms with Crippen molar-refractivity contribution in [3.63, 3.8) is 0 Å². The van der Waals surface area contributed by atoms with Crippen molar-refractivity contribution in [2.45, 2.75) is 66.1 Å². The van der Waals surface area contributed by atoms with Gasteiger partial charge in [-0.25, -0.2) is 0 Å². The van der Waals surface area contributed by atoms with Crippen molar-refractivity contribution < 1.29 is 23.9 Å². The SMILES string of the molecule is COC1(OC)C(NC(=O)C=C(C)CCC=C(C)CCC=C(C)C)=CC(=O)C=C1C(C)=O. The van der Waals surface area contributed by atoms with Crippen molar-refractivity contribution in [3.8, 4) is 0 Å². The van der Waals surface area contributed by atoms with Crippen LogP contribution in [0.3, 0.4) is 0 Å². The van der Waals surface area contributed by atoms with Crippen LogP contribution in [0.1, 0.15) is 60.3 Å². The van der Waals surface area contributed by atoms with Crippen LogP contribution in [0.15, 0.2) is 58.4 Å². The van der Waals surface area contributed by atoms with Crippen LogP contribution in [0.5, 0.6) is 0 Å². The number of ketones is 2. The molecule has 1 amide bonds. The largest absolute Gasteiger partial charge is 0.344 e. The zero-order valence-electron chi connectivity index (χ0n) is 19.8. The smallest absolute Gasteiger partial charge is 0.248 e. The Morgan fingerprint density at radius 1 is 0.935 bits per heavy atom. The highest BCUT2D eigenvalue weighted by Gasteiger charge is 2.44. The van der Waals surface area contributed by atoms with Gasteiger partial charge in [0.1, 0.15) is 0 Å². The zero-order valence-corrected chi connectivity index (χ0v) is 19.8. The van der Waals surface area contributed by atoms with Gasteiger partial charge in [-0.05, 0) is 66.4 Å². The van der Waals surface area contributed by atoms with Gasteiger partial charge in [0.25, 0.3) is 0 Å². The topological polar surface area (TPSA) is 81.7 Å².